The number of hydrogen-bond donors (Lipinski definition) is 2. The molecule has 1 aromatic carbocycles. The number of carbonyl (C=O) groups is 1. The first-order chi connectivity index (χ1) is 15.1. The van der Waals surface area contributed by atoms with Crippen LogP contribution in [0.2, 0.25) is 5.02 Å². The van der Waals surface area contributed by atoms with Crippen molar-refractivity contribution in [3.63, 3.8) is 0 Å². The van der Waals surface area contributed by atoms with Gasteiger partial charge in [0.15, 0.2) is 0 Å². The van der Waals surface area contributed by atoms with Gasteiger partial charge in [0.25, 0.3) is 0 Å². The van der Waals surface area contributed by atoms with Crippen LogP contribution in [0.15, 0.2) is 67.1 Å². The van der Waals surface area contributed by atoms with Gasteiger partial charge in [-0.1, -0.05) is 11.6 Å². The van der Waals surface area contributed by atoms with E-state index < -0.39 is 0 Å². The smallest absolute Gasteiger partial charge is 0.315 e. The number of methoxy groups -OCH3 is 1. The number of nitrogens with one attached hydrogen (secondary N) is 2. The van der Waals surface area contributed by atoms with E-state index in [0.29, 0.717) is 29.7 Å². The molecule has 4 rings (SSSR count). The lowest BCUT2D eigenvalue weighted by Gasteiger charge is -2.09. The summed E-state index contributed by atoms with van der Waals surface area (Å²) in [6, 6.07) is 14.1. The molecule has 0 radical (unpaired) electrons. The molecule has 0 aliphatic rings. The summed E-state index contributed by atoms with van der Waals surface area (Å²) < 4.78 is 12.7. The van der Waals surface area contributed by atoms with Crippen molar-refractivity contribution in [3.8, 4) is 17.4 Å². The number of urea groups is 1. The molecule has 4 aromatic rings. The summed E-state index contributed by atoms with van der Waals surface area (Å²) in [4.78, 5) is 20.8. The van der Waals surface area contributed by atoms with E-state index in [0.717, 1.165) is 22.7 Å². The predicted molar refractivity (Wildman–Crippen MR) is 117 cm³/mol. The van der Waals surface area contributed by atoms with Crippen LogP contribution in [-0.2, 0) is 13.1 Å². The molecule has 0 bridgehead atoms. The molecule has 9 heteroatoms. The summed E-state index contributed by atoms with van der Waals surface area (Å²) in [5.74, 6) is 1.83. The molecule has 0 spiro atoms. The van der Waals surface area contributed by atoms with Gasteiger partial charge >= 0.3 is 6.03 Å². The molecular weight excluding hydrogens is 418 g/mol. The van der Waals surface area contributed by atoms with Crippen molar-refractivity contribution in [2.24, 2.45) is 0 Å². The molecular formula is C22H20ClN5O3. The lowest BCUT2D eigenvalue weighted by molar-refractivity contribution is 0.240. The summed E-state index contributed by atoms with van der Waals surface area (Å²) in [5, 5.41) is 6.23. The van der Waals surface area contributed by atoms with Crippen molar-refractivity contribution in [1.29, 1.82) is 0 Å². The zero-order chi connectivity index (χ0) is 21.6. The highest BCUT2D eigenvalue weighted by Gasteiger charge is 2.06. The van der Waals surface area contributed by atoms with E-state index in [1.165, 1.54) is 0 Å². The van der Waals surface area contributed by atoms with Crippen molar-refractivity contribution in [3.05, 3.63) is 83.4 Å². The standard InChI is InChI=1S/C22H20ClN5O3/c1-30-18-3-5-19(6-4-18)31-21-10-15(8-9-24-21)11-25-22(29)26-12-17-14-28-13-16(23)2-7-20(28)27-17/h2-10,13-14H,11-12H2,1H3,(H2,25,26,29). The molecule has 31 heavy (non-hydrogen) atoms. The number of hydrogen-bond acceptors (Lipinski definition) is 5. The summed E-state index contributed by atoms with van der Waals surface area (Å²) in [6.45, 7) is 0.626. The number of rotatable bonds is 7. The molecule has 0 atom stereocenters. The number of carbonyl (C=O) groups excluding carboxylic acids is 1. The number of halogens is 1. The number of nitrogens with zero attached hydrogens (tertiary/aromatic N) is 3. The van der Waals surface area contributed by atoms with Crippen LogP contribution >= 0.6 is 11.6 Å². The summed E-state index contributed by atoms with van der Waals surface area (Å²) in [5.41, 5.74) is 2.36. The van der Waals surface area contributed by atoms with Crippen molar-refractivity contribution >= 4 is 23.3 Å². The van der Waals surface area contributed by atoms with Crippen LogP contribution in [0, 0.1) is 0 Å². The Morgan fingerprint density at radius 3 is 2.61 bits per heavy atom. The summed E-state index contributed by atoms with van der Waals surface area (Å²) in [6.07, 6.45) is 5.23. The Bertz CT molecular complexity index is 1190. The van der Waals surface area contributed by atoms with E-state index in [4.69, 9.17) is 21.1 Å². The highest BCUT2D eigenvalue weighted by atomic mass is 35.5. The molecule has 0 saturated heterocycles. The number of imidazole rings is 1. The molecule has 2 amide bonds. The normalized spacial score (nSPS) is 10.6. The van der Waals surface area contributed by atoms with Gasteiger partial charge in [0, 0.05) is 31.2 Å². The second-order valence-corrected chi connectivity index (χ2v) is 7.10. The Hall–Kier alpha value is -3.78. The maximum absolute atomic E-state index is 12.2. The molecule has 2 N–H and O–H groups in total. The maximum atomic E-state index is 12.2. The van der Waals surface area contributed by atoms with E-state index >= 15 is 0 Å². The van der Waals surface area contributed by atoms with Crippen LogP contribution in [0.4, 0.5) is 4.79 Å². The first kappa shape index (κ1) is 20.5. The lowest BCUT2D eigenvalue weighted by Crippen LogP contribution is -2.34. The van der Waals surface area contributed by atoms with Crippen LogP contribution < -0.4 is 20.1 Å². The fourth-order valence-electron chi connectivity index (χ4n) is 2.90. The van der Waals surface area contributed by atoms with E-state index in [-0.39, 0.29) is 6.03 Å². The Morgan fingerprint density at radius 2 is 1.81 bits per heavy atom. The molecule has 0 fully saturated rings. The van der Waals surface area contributed by atoms with Gasteiger partial charge in [0.05, 0.1) is 24.4 Å². The molecule has 158 valence electrons. The summed E-state index contributed by atoms with van der Waals surface area (Å²) in [7, 11) is 1.61. The third kappa shape index (κ3) is 5.43. The molecule has 8 nitrogen and oxygen atoms in total. The molecule has 0 aliphatic heterocycles. The number of amides is 2. The predicted octanol–water partition coefficient (Wildman–Crippen LogP) is 4.18. The fraction of sp³-hybridized carbons (Fsp3) is 0.136. The topological polar surface area (TPSA) is 89.8 Å². The number of aromatic nitrogens is 3. The molecule has 3 aromatic heterocycles. The zero-order valence-electron chi connectivity index (χ0n) is 16.7. The quantitative estimate of drug-likeness (QED) is 0.452. The maximum Gasteiger partial charge on any atom is 0.315 e. The molecule has 0 saturated carbocycles. The minimum Gasteiger partial charge on any atom is -0.497 e. The van der Waals surface area contributed by atoms with Gasteiger partial charge in [-0.05, 0) is 48.0 Å². The van der Waals surface area contributed by atoms with Crippen LogP contribution in [0.3, 0.4) is 0 Å². The third-order valence-corrected chi connectivity index (χ3v) is 4.65. The number of benzene rings is 1. The number of ether oxygens (including phenoxy) is 2. The second kappa shape index (κ2) is 9.36. The highest BCUT2D eigenvalue weighted by molar-refractivity contribution is 6.30. The average Bonchev–Trinajstić information content (AvgIpc) is 3.19. The van der Waals surface area contributed by atoms with Gasteiger partial charge in [-0.25, -0.2) is 14.8 Å². The third-order valence-electron chi connectivity index (χ3n) is 4.43. The Kier molecular flexibility index (Phi) is 6.18. The zero-order valence-corrected chi connectivity index (χ0v) is 17.5. The van der Waals surface area contributed by atoms with Gasteiger partial charge in [0.2, 0.25) is 5.88 Å². The van der Waals surface area contributed by atoms with E-state index in [1.54, 1.807) is 43.8 Å². The second-order valence-electron chi connectivity index (χ2n) is 6.66. The molecule has 0 unspecified atom stereocenters. The first-order valence-corrected chi connectivity index (χ1v) is 9.88. The van der Waals surface area contributed by atoms with Gasteiger partial charge in [0.1, 0.15) is 17.1 Å². The highest BCUT2D eigenvalue weighted by Crippen LogP contribution is 2.22. The Labute approximate surface area is 183 Å². The van der Waals surface area contributed by atoms with Gasteiger partial charge in [-0.3, -0.25) is 0 Å². The van der Waals surface area contributed by atoms with Crippen LogP contribution in [0.1, 0.15) is 11.3 Å². The summed E-state index contributed by atoms with van der Waals surface area (Å²) >= 11 is 5.98. The minimum atomic E-state index is -0.301. The van der Waals surface area contributed by atoms with Gasteiger partial charge in [-0.15, -0.1) is 0 Å². The van der Waals surface area contributed by atoms with Crippen LogP contribution in [0.25, 0.3) is 5.65 Å². The molecule has 0 aliphatic carbocycles. The monoisotopic (exact) mass is 437 g/mol. The van der Waals surface area contributed by atoms with Crippen molar-refractivity contribution in [2.75, 3.05) is 7.11 Å². The Morgan fingerprint density at radius 1 is 1.03 bits per heavy atom. The minimum absolute atomic E-state index is 0.299. The Balaban J connectivity index is 1.28. The van der Waals surface area contributed by atoms with Crippen molar-refractivity contribution in [2.45, 2.75) is 13.1 Å². The van der Waals surface area contributed by atoms with Crippen LogP contribution in [-0.4, -0.2) is 27.5 Å². The SMILES string of the molecule is COc1ccc(Oc2cc(CNC(=O)NCc3cn4cc(Cl)ccc4n3)ccn2)cc1. The average molecular weight is 438 g/mol. The largest absolute Gasteiger partial charge is 0.497 e. The lowest BCUT2D eigenvalue weighted by atomic mass is 10.2. The van der Waals surface area contributed by atoms with Gasteiger partial charge < -0.3 is 24.5 Å². The number of pyridine rings is 2. The van der Waals surface area contributed by atoms with Crippen molar-refractivity contribution < 1.29 is 14.3 Å². The first-order valence-electron chi connectivity index (χ1n) is 9.51. The van der Waals surface area contributed by atoms with Crippen molar-refractivity contribution in [1.82, 2.24) is 25.0 Å². The number of fused-ring (bicyclic) bond motifs is 1. The van der Waals surface area contributed by atoms with Crippen LogP contribution in [0.5, 0.6) is 17.4 Å². The van der Waals surface area contributed by atoms with Gasteiger partial charge in [-0.2, -0.15) is 0 Å². The van der Waals surface area contributed by atoms with E-state index in [1.807, 2.05) is 34.9 Å². The molecule has 3 heterocycles. The van der Waals surface area contributed by atoms with E-state index in [9.17, 15) is 4.79 Å². The van der Waals surface area contributed by atoms with E-state index in [2.05, 4.69) is 20.6 Å². The fourth-order valence-corrected chi connectivity index (χ4v) is 3.07.